The molecule has 2 aromatic carbocycles. The van der Waals surface area contributed by atoms with Gasteiger partial charge in [-0.15, -0.1) is 6.58 Å². The molecule has 0 bridgehead atoms. The van der Waals surface area contributed by atoms with E-state index in [1.807, 2.05) is 50.2 Å². The number of ether oxygens (including phenoxy) is 1. The molecule has 1 unspecified atom stereocenters. The SMILES string of the molecule is C=CCC(OCc1ccccc1)(c1cccc(F)c1)c1cnc[nH]1.CC. The highest BCUT2D eigenvalue weighted by molar-refractivity contribution is 5.33. The highest BCUT2D eigenvalue weighted by Gasteiger charge is 2.36. The van der Waals surface area contributed by atoms with Crippen LogP contribution in [0.25, 0.3) is 0 Å². The van der Waals surface area contributed by atoms with Crippen LogP contribution in [-0.4, -0.2) is 9.97 Å². The zero-order valence-corrected chi connectivity index (χ0v) is 15.3. The molecule has 1 atom stereocenters. The van der Waals surface area contributed by atoms with Gasteiger partial charge in [0.25, 0.3) is 0 Å². The molecule has 0 aliphatic carbocycles. The monoisotopic (exact) mass is 352 g/mol. The minimum atomic E-state index is -0.865. The molecule has 0 radical (unpaired) electrons. The molecule has 0 amide bonds. The molecule has 3 rings (SSSR count). The normalized spacial score (nSPS) is 12.6. The van der Waals surface area contributed by atoms with Crippen molar-refractivity contribution in [3.8, 4) is 0 Å². The number of halogens is 1. The number of rotatable bonds is 7. The van der Waals surface area contributed by atoms with Crippen LogP contribution in [0.1, 0.15) is 37.1 Å². The van der Waals surface area contributed by atoms with E-state index in [0.717, 1.165) is 16.8 Å². The van der Waals surface area contributed by atoms with Gasteiger partial charge in [0, 0.05) is 6.42 Å². The van der Waals surface area contributed by atoms with Crippen LogP contribution in [0.2, 0.25) is 0 Å². The number of hydrogen-bond donors (Lipinski definition) is 1. The Morgan fingerprint density at radius 1 is 1.15 bits per heavy atom. The summed E-state index contributed by atoms with van der Waals surface area (Å²) in [6.07, 6.45) is 5.57. The van der Waals surface area contributed by atoms with Crippen LogP contribution in [0, 0.1) is 5.82 Å². The molecular weight excluding hydrogens is 327 g/mol. The molecule has 1 heterocycles. The molecule has 3 nitrogen and oxygen atoms in total. The van der Waals surface area contributed by atoms with Gasteiger partial charge in [0.1, 0.15) is 11.4 Å². The molecule has 0 aliphatic heterocycles. The van der Waals surface area contributed by atoms with Crippen molar-refractivity contribution in [1.29, 1.82) is 0 Å². The molecule has 4 heteroatoms. The number of H-pyrrole nitrogens is 1. The second kappa shape index (κ2) is 9.68. The maximum Gasteiger partial charge on any atom is 0.138 e. The Bertz CT molecular complexity index is 787. The summed E-state index contributed by atoms with van der Waals surface area (Å²) in [5.41, 5.74) is 1.67. The molecule has 0 spiro atoms. The van der Waals surface area contributed by atoms with E-state index in [1.165, 1.54) is 12.1 Å². The van der Waals surface area contributed by atoms with Crippen molar-refractivity contribution < 1.29 is 9.13 Å². The van der Waals surface area contributed by atoms with Gasteiger partial charge in [0.15, 0.2) is 0 Å². The van der Waals surface area contributed by atoms with Crippen LogP contribution in [-0.2, 0) is 16.9 Å². The summed E-state index contributed by atoms with van der Waals surface area (Å²) in [6, 6.07) is 16.3. The minimum Gasteiger partial charge on any atom is -0.359 e. The summed E-state index contributed by atoms with van der Waals surface area (Å²) in [4.78, 5) is 7.22. The number of aromatic amines is 1. The van der Waals surface area contributed by atoms with E-state index < -0.39 is 5.60 Å². The highest BCUT2D eigenvalue weighted by atomic mass is 19.1. The van der Waals surface area contributed by atoms with Crippen molar-refractivity contribution in [2.24, 2.45) is 0 Å². The zero-order chi connectivity index (χ0) is 18.8. The van der Waals surface area contributed by atoms with Crippen LogP contribution in [0.5, 0.6) is 0 Å². The van der Waals surface area contributed by atoms with Gasteiger partial charge in [0.2, 0.25) is 0 Å². The molecule has 0 saturated heterocycles. The molecule has 0 saturated carbocycles. The van der Waals surface area contributed by atoms with E-state index in [4.69, 9.17) is 4.74 Å². The third-order valence-electron chi connectivity index (χ3n) is 3.98. The topological polar surface area (TPSA) is 37.9 Å². The second-order valence-corrected chi connectivity index (χ2v) is 5.57. The molecular formula is C22H25FN2O. The third-order valence-corrected chi connectivity index (χ3v) is 3.98. The summed E-state index contributed by atoms with van der Waals surface area (Å²) in [7, 11) is 0. The van der Waals surface area contributed by atoms with Crippen LogP contribution in [0.4, 0.5) is 4.39 Å². The fourth-order valence-corrected chi connectivity index (χ4v) is 2.80. The second-order valence-electron chi connectivity index (χ2n) is 5.57. The molecule has 0 fully saturated rings. The van der Waals surface area contributed by atoms with Gasteiger partial charge in [-0.1, -0.05) is 62.4 Å². The van der Waals surface area contributed by atoms with Crippen molar-refractivity contribution in [3.05, 3.63) is 102 Å². The lowest BCUT2D eigenvalue weighted by Gasteiger charge is -2.33. The largest absolute Gasteiger partial charge is 0.359 e. The molecule has 0 aliphatic rings. The minimum absolute atomic E-state index is 0.302. The van der Waals surface area contributed by atoms with Crippen LogP contribution < -0.4 is 0 Å². The van der Waals surface area contributed by atoms with Crippen molar-refractivity contribution in [2.75, 3.05) is 0 Å². The third kappa shape index (κ3) is 4.46. The van der Waals surface area contributed by atoms with Crippen molar-refractivity contribution in [3.63, 3.8) is 0 Å². The average Bonchev–Trinajstić information content (AvgIpc) is 3.23. The Balaban J connectivity index is 0.00000117. The van der Waals surface area contributed by atoms with Gasteiger partial charge in [-0.2, -0.15) is 0 Å². The number of aromatic nitrogens is 2. The summed E-state index contributed by atoms with van der Waals surface area (Å²) in [5, 5.41) is 0. The first-order valence-corrected chi connectivity index (χ1v) is 8.78. The lowest BCUT2D eigenvalue weighted by Crippen LogP contribution is -2.31. The van der Waals surface area contributed by atoms with Crippen molar-refractivity contribution in [2.45, 2.75) is 32.5 Å². The Morgan fingerprint density at radius 3 is 2.54 bits per heavy atom. The molecule has 136 valence electrons. The quantitative estimate of drug-likeness (QED) is 0.561. The van der Waals surface area contributed by atoms with Gasteiger partial charge in [0.05, 0.1) is 24.8 Å². The van der Waals surface area contributed by atoms with Gasteiger partial charge in [-0.25, -0.2) is 9.37 Å². The van der Waals surface area contributed by atoms with Gasteiger partial charge in [-0.05, 0) is 23.3 Å². The lowest BCUT2D eigenvalue weighted by molar-refractivity contribution is -0.0314. The molecule has 3 aromatic rings. The molecule has 1 N–H and O–H groups in total. The van der Waals surface area contributed by atoms with Crippen LogP contribution >= 0.6 is 0 Å². The standard InChI is InChI=1S/C20H19FN2O.C2H6/c1-2-11-20(19-13-22-15-23-19,17-9-6-10-18(21)12-17)24-14-16-7-4-3-5-8-16;1-2/h2-10,12-13,15H,1,11,14H2,(H,22,23);1-2H3. The Hall–Kier alpha value is -2.72. The first kappa shape index (κ1) is 19.6. The summed E-state index contributed by atoms with van der Waals surface area (Å²) < 4.78 is 20.2. The first-order chi connectivity index (χ1) is 12.7. The van der Waals surface area contributed by atoms with Crippen LogP contribution in [0.3, 0.4) is 0 Å². The Kier molecular flexibility index (Phi) is 7.30. The smallest absolute Gasteiger partial charge is 0.138 e. The molecule has 26 heavy (non-hydrogen) atoms. The maximum absolute atomic E-state index is 13.8. The van der Waals surface area contributed by atoms with Gasteiger partial charge < -0.3 is 9.72 Å². The average molecular weight is 352 g/mol. The van der Waals surface area contributed by atoms with E-state index >= 15 is 0 Å². The number of hydrogen-bond acceptors (Lipinski definition) is 2. The zero-order valence-electron chi connectivity index (χ0n) is 15.3. The summed E-state index contributed by atoms with van der Waals surface area (Å²) in [5.74, 6) is -0.302. The number of nitrogens with zero attached hydrogens (tertiary/aromatic N) is 1. The summed E-state index contributed by atoms with van der Waals surface area (Å²) >= 11 is 0. The van der Waals surface area contributed by atoms with Crippen molar-refractivity contribution in [1.82, 2.24) is 9.97 Å². The first-order valence-electron chi connectivity index (χ1n) is 8.78. The lowest BCUT2D eigenvalue weighted by atomic mass is 9.87. The number of nitrogens with one attached hydrogen (secondary N) is 1. The predicted molar refractivity (Wildman–Crippen MR) is 103 cm³/mol. The van der Waals surface area contributed by atoms with E-state index in [0.29, 0.717) is 13.0 Å². The van der Waals surface area contributed by atoms with Crippen LogP contribution in [0.15, 0.2) is 79.8 Å². The van der Waals surface area contributed by atoms with Gasteiger partial charge in [-0.3, -0.25) is 0 Å². The fourth-order valence-electron chi connectivity index (χ4n) is 2.80. The van der Waals surface area contributed by atoms with Gasteiger partial charge >= 0.3 is 0 Å². The fraction of sp³-hybridized carbons (Fsp3) is 0.227. The van der Waals surface area contributed by atoms with E-state index in [1.54, 1.807) is 24.7 Å². The van der Waals surface area contributed by atoms with E-state index in [2.05, 4.69) is 16.5 Å². The Labute approximate surface area is 154 Å². The summed E-state index contributed by atoms with van der Waals surface area (Å²) in [6.45, 7) is 8.24. The highest BCUT2D eigenvalue weighted by Crippen LogP contribution is 2.37. The molecule has 1 aromatic heterocycles. The van der Waals surface area contributed by atoms with E-state index in [9.17, 15) is 4.39 Å². The Morgan fingerprint density at radius 2 is 1.92 bits per heavy atom. The van der Waals surface area contributed by atoms with Crippen molar-refractivity contribution >= 4 is 0 Å². The van der Waals surface area contributed by atoms with E-state index in [-0.39, 0.29) is 5.82 Å². The number of benzene rings is 2. The predicted octanol–water partition coefficient (Wildman–Crippen LogP) is 5.61. The maximum atomic E-state index is 13.8. The number of imidazole rings is 1.